The molecule has 7 nitrogen and oxygen atoms in total. The highest BCUT2D eigenvalue weighted by molar-refractivity contribution is 5.93. The number of esters is 1. The average molecular weight is 446 g/mol. The summed E-state index contributed by atoms with van der Waals surface area (Å²) in [7, 11) is 1.23. The third-order valence-corrected chi connectivity index (χ3v) is 5.76. The van der Waals surface area contributed by atoms with Gasteiger partial charge in [-0.15, -0.1) is 0 Å². The summed E-state index contributed by atoms with van der Waals surface area (Å²) >= 11 is 0. The van der Waals surface area contributed by atoms with Gasteiger partial charge in [0, 0.05) is 24.2 Å². The zero-order valence-electron chi connectivity index (χ0n) is 17.4. The molecule has 32 heavy (non-hydrogen) atoms. The molecule has 0 radical (unpaired) electrons. The third kappa shape index (κ3) is 3.88. The van der Waals surface area contributed by atoms with E-state index in [1.807, 2.05) is 6.92 Å². The van der Waals surface area contributed by atoms with Gasteiger partial charge in [-0.2, -0.15) is 18.3 Å². The molecule has 168 valence electrons. The van der Waals surface area contributed by atoms with Gasteiger partial charge in [0.05, 0.1) is 13.3 Å². The maximum atomic E-state index is 13.5. The van der Waals surface area contributed by atoms with Gasteiger partial charge in [0.25, 0.3) is 0 Å². The second kappa shape index (κ2) is 8.18. The summed E-state index contributed by atoms with van der Waals surface area (Å²) in [5, 5.41) is 9.24. The lowest BCUT2D eigenvalue weighted by Gasteiger charge is -2.45. The number of rotatable bonds is 4. The maximum absolute atomic E-state index is 13.5. The number of dihydropyridines is 1. The highest BCUT2D eigenvalue weighted by atomic mass is 19.4. The van der Waals surface area contributed by atoms with E-state index in [2.05, 4.69) is 15.5 Å². The van der Waals surface area contributed by atoms with Crippen LogP contribution in [0.25, 0.3) is 0 Å². The van der Waals surface area contributed by atoms with E-state index < -0.39 is 24.0 Å². The summed E-state index contributed by atoms with van der Waals surface area (Å²) in [5.41, 5.74) is 1.82. The molecule has 0 spiro atoms. The highest BCUT2D eigenvalue weighted by Gasteiger charge is 2.44. The molecule has 1 aromatic rings. The summed E-state index contributed by atoms with van der Waals surface area (Å²) in [5.74, 6) is -1.08. The molecule has 0 saturated carbocycles. The van der Waals surface area contributed by atoms with Crippen molar-refractivity contribution >= 4 is 11.8 Å². The van der Waals surface area contributed by atoms with Gasteiger partial charge in [-0.05, 0) is 41.4 Å². The van der Waals surface area contributed by atoms with Gasteiger partial charge in [-0.3, -0.25) is 9.89 Å². The second-order valence-electron chi connectivity index (χ2n) is 7.66. The van der Waals surface area contributed by atoms with Gasteiger partial charge in [0.15, 0.2) is 5.78 Å². The Hall–Kier alpha value is -3.56. The normalized spacial score (nSPS) is 21.9. The van der Waals surface area contributed by atoms with Crippen LogP contribution in [0.1, 0.15) is 31.2 Å². The van der Waals surface area contributed by atoms with E-state index in [1.165, 1.54) is 30.2 Å². The topological polar surface area (TPSA) is 87.3 Å². The van der Waals surface area contributed by atoms with Crippen LogP contribution in [0.3, 0.4) is 0 Å². The smallest absolute Gasteiger partial charge is 0.430 e. The Morgan fingerprint density at radius 2 is 2.09 bits per heavy atom. The van der Waals surface area contributed by atoms with Crippen LogP contribution < -0.4 is 5.32 Å². The SMILES string of the molecule is COC(=O)C1=C(C(C)c2cn[nH]c2)CC2=CC=C(C(F)(F)F)NC2N1C1=CCC(=O)C=C1. The molecule has 2 unspecified atom stereocenters. The molecule has 1 aromatic heterocycles. The Kier molecular flexibility index (Phi) is 5.53. The standard InChI is InChI=1S/C22H21F3N4O3/c1-12(14-10-26-27-11-14)17-9-13-3-8-18(22(23,24)25)28-20(13)29(19(17)21(31)32-2)15-4-6-16(30)7-5-15/h3-6,8,10-12,20,28H,7,9H2,1-2H3,(H,26,27). The molecular weight excluding hydrogens is 425 g/mol. The molecule has 2 aliphatic heterocycles. The van der Waals surface area contributed by atoms with E-state index >= 15 is 0 Å². The van der Waals surface area contributed by atoms with Crippen LogP contribution >= 0.6 is 0 Å². The molecule has 0 amide bonds. The Labute approximate surface area is 182 Å². The Morgan fingerprint density at radius 3 is 2.69 bits per heavy atom. The molecule has 0 saturated heterocycles. The fourth-order valence-electron chi connectivity index (χ4n) is 4.08. The number of alkyl halides is 3. The van der Waals surface area contributed by atoms with Gasteiger partial charge >= 0.3 is 12.1 Å². The Balaban J connectivity index is 1.89. The van der Waals surface area contributed by atoms with Crippen LogP contribution in [0.4, 0.5) is 13.2 Å². The number of aromatic amines is 1. The average Bonchev–Trinajstić information content (AvgIpc) is 3.31. The fraction of sp³-hybridized carbons (Fsp3) is 0.318. The number of fused-ring (bicyclic) bond motifs is 1. The summed E-state index contributed by atoms with van der Waals surface area (Å²) in [6.45, 7) is 1.89. The lowest BCUT2D eigenvalue weighted by molar-refractivity contribution is -0.138. The fourth-order valence-corrected chi connectivity index (χ4v) is 4.08. The number of hydrogen-bond donors (Lipinski definition) is 2. The van der Waals surface area contributed by atoms with Gasteiger partial charge in [-0.25, -0.2) is 4.79 Å². The number of ether oxygens (including phenoxy) is 1. The monoisotopic (exact) mass is 446 g/mol. The van der Waals surface area contributed by atoms with Crippen LogP contribution in [-0.2, 0) is 14.3 Å². The summed E-state index contributed by atoms with van der Waals surface area (Å²) in [6.07, 6.45) is 5.03. The number of H-pyrrole nitrogens is 1. The van der Waals surface area contributed by atoms with E-state index in [0.717, 1.165) is 11.6 Å². The first kappa shape index (κ1) is 21.7. The first-order valence-corrected chi connectivity index (χ1v) is 9.95. The van der Waals surface area contributed by atoms with E-state index in [0.29, 0.717) is 16.8 Å². The lowest BCUT2D eigenvalue weighted by atomic mass is 9.83. The molecule has 3 heterocycles. The van der Waals surface area contributed by atoms with E-state index in [1.54, 1.807) is 18.5 Å². The van der Waals surface area contributed by atoms with E-state index in [-0.39, 0.29) is 30.2 Å². The second-order valence-corrected chi connectivity index (χ2v) is 7.66. The molecule has 4 rings (SSSR count). The number of nitrogens with one attached hydrogen (secondary N) is 2. The molecule has 1 aliphatic carbocycles. The molecular formula is C22H21F3N4O3. The van der Waals surface area contributed by atoms with Crippen molar-refractivity contribution in [2.24, 2.45) is 0 Å². The van der Waals surface area contributed by atoms with Crippen LogP contribution in [0, 0.1) is 0 Å². The van der Waals surface area contributed by atoms with E-state index in [4.69, 9.17) is 4.74 Å². The predicted octanol–water partition coefficient (Wildman–Crippen LogP) is 3.36. The minimum Gasteiger partial charge on any atom is -0.464 e. The molecule has 10 heteroatoms. The molecule has 0 aromatic carbocycles. The van der Waals surface area contributed by atoms with E-state index in [9.17, 15) is 22.8 Å². The Bertz CT molecular complexity index is 1090. The molecule has 2 N–H and O–H groups in total. The molecule has 2 atom stereocenters. The van der Waals surface area contributed by atoms with Crippen molar-refractivity contribution in [2.75, 3.05) is 7.11 Å². The Morgan fingerprint density at radius 1 is 1.31 bits per heavy atom. The van der Waals surface area contributed by atoms with Crippen LogP contribution in [0.2, 0.25) is 0 Å². The van der Waals surface area contributed by atoms with Gasteiger partial charge in [0.1, 0.15) is 17.6 Å². The van der Waals surface area contributed by atoms with Crippen molar-refractivity contribution in [3.63, 3.8) is 0 Å². The minimum atomic E-state index is -4.58. The molecule has 0 bridgehead atoms. The maximum Gasteiger partial charge on any atom is 0.430 e. The number of allylic oxidation sites excluding steroid dienone is 7. The van der Waals surface area contributed by atoms with Gasteiger partial charge < -0.3 is 15.0 Å². The van der Waals surface area contributed by atoms with Gasteiger partial charge in [0.2, 0.25) is 0 Å². The summed E-state index contributed by atoms with van der Waals surface area (Å²) in [6, 6.07) is 0. The lowest BCUT2D eigenvalue weighted by Crippen LogP contribution is -2.52. The first-order valence-electron chi connectivity index (χ1n) is 9.95. The minimum absolute atomic E-state index is 0.0805. The molecule has 0 fully saturated rings. The van der Waals surface area contributed by atoms with Crippen molar-refractivity contribution in [3.05, 3.63) is 76.6 Å². The number of nitrogens with zero attached hydrogens (tertiary/aromatic N) is 2. The van der Waals surface area contributed by atoms with Crippen molar-refractivity contribution < 1.29 is 27.5 Å². The van der Waals surface area contributed by atoms with Crippen molar-refractivity contribution in [1.29, 1.82) is 0 Å². The molecule has 3 aliphatic rings. The first-order chi connectivity index (χ1) is 15.2. The quantitative estimate of drug-likeness (QED) is 0.690. The predicted molar refractivity (Wildman–Crippen MR) is 108 cm³/mol. The number of ketones is 1. The van der Waals surface area contributed by atoms with Crippen LogP contribution in [0.5, 0.6) is 0 Å². The number of carbonyl (C=O) groups excluding carboxylic acids is 2. The van der Waals surface area contributed by atoms with Gasteiger partial charge in [-0.1, -0.05) is 19.1 Å². The van der Waals surface area contributed by atoms with Crippen molar-refractivity contribution in [3.8, 4) is 0 Å². The number of carbonyl (C=O) groups is 2. The number of methoxy groups -OCH3 is 1. The zero-order chi connectivity index (χ0) is 23.0. The van der Waals surface area contributed by atoms with Crippen molar-refractivity contribution in [1.82, 2.24) is 20.4 Å². The van der Waals surface area contributed by atoms with Crippen molar-refractivity contribution in [2.45, 2.75) is 38.0 Å². The number of hydrogen-bond acceptors (Lipinski definition) is 6. The largest absolute Gasteiger partial charge is 0.464 e. The van der Waals surface area contributed by atoms with Crippen LogP contribution in [0.15, 0.2) is 71.0 Å². The third-order valence-electron chi connectivity index (χ3n) is 5.76. The highest BCUT2D eigenvalue weighted by Crippen LogP contribution is 2.43. The summed E-state index contributed by atoms with van der Waals surface area (Å²) < 4.78 is 45.4. The summed E-state index contributed by atoms with van der Waals surface area (Å²) in [4.78, 5) is 26.2. The number of aromatic nitrogens is 2. The number of halogens is 3. The van der Waals surface area contributed by atoms with Crippen LogP contribution in [-0.4, -0.2) is 46.3 Å². The zero-order valence-corrected chi connectivity index (χ0v) is 17.4.